The first-order valence-electron chi connectivity index (χ1n) is 5.28. The topological polar surface area (TPSA) is 60.8 Å². The van der Waals surface area contributed by atoms with E-state index in [1.54, 1.807) is 4.90 Å². The van der Waals surface area contributed by atoms with E-state index in [4.69, 9.17) is 0 Å². The molecule has 1 heterocycles. The molecule has 98 valence electrons. The van der Waals surface area contributed by atoms with Crippen molar-refractivity contribution in [1.82, 2.24) is 4.90 Å². The predicted octanol–water partition coefficient (Wildman–Crippen LogP) is 3.51. The fourth-order valence-corrected chi connectivity index (χ4v) is 3.60. The van der Waals surface area contributed by atoms with Crippen LogP contribution in [0.1, 0.15) is 18.4 Å². The molecule has 2 N–H and O–H groups in total. The van der Waals surface area contributed by atoms with Crippen molar-refractivity contribution in [2.45, 2.75) is 19.4 Å². The second-order valence-electron chi connectivity index (χ2n) is 4.04. The highest BCUT2D eigenvalue weighted by molar-refractivity contribution is 9.13. The zero-order valence-electron chi connectivity index (χ0n) is 9.21. The summed E-state index contributed by atoms with van der Waals surface area (Å²) in [5, 5.41) is 19.4. The summed E-state index contributed by atoms with van der Waals surface area (Å²) in [6.07, 6.45) is 1.43. The van der Waals surface area contributed by atoms with Gasteiger partial charge < -0.3 is 15.1 Å². The van der Waals surface area contributed by atoms with Crippen molar-refractivity contribution in [3.8, 4) is 11.5 Å². The second-order valence-corrected chi connectivity index (χ2v) is 6.42. The maximum Gasteiger partial charge on any atom is 0.222 e. The van der Waals surface area contributed by atoms with Gasteiger partial charge in [0.15, 0.2) is 11.5 Å². The molecular weight excluding hydrogens is 434 g/mol. The van der Waals surface area contributed by atoms with Gasteiger partial charge in [-0.05, 0) is 54.2 Å². The molecule has 0 aliphatic carbocycles. The number of likely N-dealkylation sites (tertiary alicyclic amines) is 1. The average molecular weight is 444 g/mol. The van der Waals surface area contributed by atoms with Gasteiger partial charge >= 0.3 is 0 Å². The van der Waals surface area contributed by atoms with Crippen LogP contribution in [0.5, 0.6) is 11.5 Å². The Hall–Kier alpha value is -0.270. The van der Waals surface area contributed by atoms with Crippen LogP contribution in [0.4, 0.5) is 0 Å². The number of nitrogens with zero attached hydrogens (tertiary/aromatic N) is 1. The molecule has 0 bridgehead atoms. The third kappa shape index (κ3) is 2.40. The maximum absolute atomic E-state index is 11.6. The van der Waals surface area contributed by atoms with Crippen LogP contribution in [-0.2, 0) is 11.3 Å². The van der Waals surface area contributed by atoms with Crippen molar-refractivity contribution in [2.24, 2.45) is 0 Å². The van der Waals surface area contributed by atoms with E-state index in [9.17, 15) is 15.0 Å². The van der Waals surface area contributed by atoms with Crippen molar-refractivity contribution in [1.29, 1.82) is 0 Å². The minimum absolute atomic E-state index is 0.109. The highest BCUT2D eigenvalue weighted by atomic mass is 79.9. The SMILES string of the molecule is O=C1CCCN1Cc1c(Br)c(O)c(O)c(Br)c1Br. The molecule has 18 heavy (non-hydrogen) atoms. The quantitative estimate of drug-likeness (QED) is 0.543. The zero-order valence-corrected chi connectivity index (χ0v) is 14.0. The Bertz CT molecular complexity index is 490. The lowest BCUT2D eigenvalue weighted by Crippen LogP contribution is -2.24. The Kier molecular flexibility index (Phi) is 4.23. The number of aromatic hydroxyl groups is 2. The number of hydrogen-bond donors (Lipinski definition) is 2. The number of hydrogen-bond acceptors (Lipinski definition) is 3. The number of carbonyl (C=O) groups excluding carboxylic acids is 1. The molecule has 0 spiro atoms. The summed E-state index contributed by atoms with van der Waals surface area (Å²) in [4.78, 5) is 13.3. The first-order chi connectivity index (χ1) is 8.43. The third-order valence-corrected chi connectivity index (χ3v) is 5.92. The molecule has 1 fully saturated rings. The third-order valence-electron chi connectivity index (χ3n) is 2.88. The number of phenols is 2. The number of amides is 1. The van der Waals surface area contributed by atoms with Gasteiger partial charge in [-0.2, -0.15) is 0 Å². The van der Waals surface area contributed by atoms with Crippen molar-refractivity contribution < 1.29 is 15.0 Å². The molecule has 7 heteroatoms. The van der Waals surface area contributed by atoms with Gasteiger partial charge in [0.1, 0.15) is 0 Å². The Morgan fingerprint density at radius 2 is 1.67 bits per heavy atom. The van der Waals surface area contributed by atoms with Crippen LogP contribution in [-0.4, -0.2) is 27.6 Å². The van der Waals surface area contributed by atoms with Gasteiger partial charge in [-0.15, -0.1) is 0 Å². The molecule has 1 amide bonds. The fraction of sp³-hybridized carbons (Fsp3) is 0.364. The van der Waals surface area contributed by atoms with E-state index in [-0.39, 0.29) is 17.4 Å². The van der Waals surface area contributed by atoms with E-state index < -0.39 is 0 Å². The first kappa shape index (κ1) is 14.1. The zero-order chi connectivity index (χ0) is 13.4. The van der Waals surface area contributed by atoms with Crippen LogP contribution in [0.2, 0.25) is 0 Å². The maximum atomic E-state index is 11.6. The standard InChI is InChI=1S/C11H10Br3NO3/c12-7-5(4-15-3-1-2-6(15)16)8(13)10(17)11(18)9(7)14/h17-18H,1-4H2. The van der Waals surface area contributed by atoms with Crippen molar-refractivity contribution in [3.05, 3.63) is 19.0 Å². The largest absolute Gasteiger partial charge is 0.503 e. The Labute approximate surface area is 129 Å². The number of benzene rings is 1. The number of carbonyl (C=O) groups is 1. The summed E-state index contributed by atoms with van der Waals surface area (Å²) >= 11 is 9.80. The minimum Gasteiger partial charge on any atom is -0.503 e. The minimum atomic E-state index is -0.231. The fourth-order valence-electron chi connectivity index (χ4n) is 1.88. The molecule has 4 nitrogen and oxygen atoms in total. The van der Waals surface area contributed by atoms with Gasteiger partial charge in [0.2, 0.25) is 5.91 Å². The molecular formula is C11H10Br3NO3. The van der Waals surface area contributed by atoms with Crippen LogP contribution in [0.3, 0.4) is 0 Å². The normalized spacial score (nSPS) is 15.5. The molecule has 0 atom stereocenters. The van der Waals surface area contributed by atoms with Crippen LogP contribution in [0.15, 0.2) is 13.4 Å². The lowest BCUT2D eigenvalue weighted by molar-refractivity contribution is -0.128. The molecule has 2 rings (SSSR count). The van der Waals surface area contributed by atoms with Gasteiger partial charge in [0.05, 0.1) is 8.95 Å². The summed E-state index contributed by atoms with van der Waals surface area (Å²) in [6.45, 7) is 1.11. The van der Waals surface area contributed by atoms with Crippen molar-refractivity contribution in [2.75, 3.05) is 6.54 Å². The van der Waals surface area contributed by atoms with Gasteiger partial charge in [-0.3, -0.25) is 4.79 Å². The van der Waals surface area contributed by atoms with Crippen LogP contribution < -0.4 is 0 Å². The molecule has 1 aliphatic heterocycles. The summed E-state index contributed by atoms with van der Waals surface area (Å²) in [5.41, 5.74) is 0.729. The van der Waals surface area contributed by atoms with E-state index in [0.717, 1.165) is 18.5 Å². The molecule has 1 aromatic carbocycles. The molecule has 1 aliphatic rings. The molecule has 0 aromatic heterocycles. The summed E-state index contributed by atoms with van der Waals surface area (Å²) in [5.74, 6) is -0.352. The molecule has 1 saturated heterocycles. The van der Waals surface area contributed by atoms with Crippen LogP contribution >= 0.6 is 47.8 Å². The average Bonchev–Trinajstić information content (AvgIpc) is 2.75. The van der Waals surface area contributed by atoms with E-state index in [1.165, 1.54) is 0 Å². The van der Waals surface area contributed by atoms with Crippen molar-refractivity contribution >= 4 is 53.7 Å². The Morgan fingerprint density at radius 1 is 1.06 bits per heavy atom. The summed E-state index contributed by atoms with van der Waals surface area (Å²) in [6, 6.07) is 0. The lowest BCUT2D eigenvalue weighted by Gasteiger charge is -2.19. The monoisotopic (exact) mass is 441 g/mol. The first-order valence-corrected chi connectivity index (χ1v) is 7.66. The van der Waals surface area contributed by atoms with Gasteiger partial charge in [0, 0.05) is 29.5 Å². The van der Waals surface area contributed by atoms with E-state index >= 15 is 0 Å². The predicted molar refractivity (Wildman–Crippen MR) is 77.5 cm³/mol. The molecule has 0 radical (unpaired) electrons. The highest BCUT2D eigenvalue weighted by Gasteiger charge is 2.25. The molecule has 1 aromatic rings. The van der Waals surface area contributed by atoms with E-state index in [0.29, 0.717) is 26.4 Å². The smallest absolute Gasteiger partial charge is 0.222 e. The van der Waals surface area contributed by atoms with E-state index in [1.807, 2.05) is 0 Å². The van der Waals surface area contributed by atoms with Crippen molar-refractivity contribution in [3.63, 3.8) is 0 Å². The molecule has 0 saturated carbocycles. The van der Waals surface area contributed by atoms with Gasteiger partial charge in [-0.1, -0.05) is 0 Å². The number of phenolic OH excluding ortho intramolecular Hbond substituents is 2. The van der Waals surface area contributed by atoms with E-state index in [2.05, 4.69) is 47.8 Å². The lowest BCUT2D eigenvalue weighted by atomic mass is 10.2. The van der Waals surface area contributed by atoms with Gasteiger partial charge in [-0.25, -0.2) is 0 Å². The number of halogens is 3. The Morgan fingerprint density at radius 3 is 2.22 bits per heavy atom. The summed E-state index contributed by atoms with van der Waals surface area (Å²) in [7, 11) is 0. The number of rotatable bonds is 2. The van der Waals surface area contributed by atoms with Gasteiger partial charge in [0.25, 0.3) is 0 Å². The van der Waals surface area contributed by atoms with Crippen LogP contribution in [0, 0.1) is 0 Å². The van der Waals surface area contributed by atoms with Crippen LogP contribution in [0.25, 0.3) is 0 Å². The molecule has 0 unspecified atom stereocenters. The second kappa shape index (κ2) is 5.38. The summed E-state index contributed by atoms with van der Waals surface area (Å²) < 4.78 is 1.41. The highest BCUT2D eigenvalue weighted by Crippen LogP contribution is 2.47. The Balaban J connectivity index is 2.41.